The van der Waals surface area contributed by atoms with Crippen molar-refractivity contribution in [2.24, 2.45) is 0 Å². The highest BCUT2D eigenvalue weighted by atomic mass is 16.2. The Kier molecular flexibility index (Phi) is 5.02. The summed E-state index contributed by atoms with van der Waals surface area (Å²) in [6.45, 7) is 6.80. The van der Waals surface area contributed by atoms with E-state index in [0.717, 1.165) is 0 Å². The van der Waals surface area contributed by atoms with E-state index in [0.29, 0.717) is 30.9 Å². The molecule has 3 rings (SSSR count). The van der Waals surface area contributed by atoms with Crippen LogP contribution < -0.4 is 5.56 Å². The molecule has 1 aliphatic rings. The van der Waals surface area contributed by atoms with E-state index >= 15 is 0 Å². The number of carbonyl (C=O) groups is 2. The van der Waals surface area contributed by atoms with Gasteiger partial charge in [-0.15, -0.1) is 0 Å². The normalized spacial score (nSPS) is 17.0. The summed E-state index contributed by atoms with van der Waals surface area (Å²) in [7, 11) is 0. The van der Waals surface area contributed by atoms with Gasteiger partial charge in [-0.05, 0) is 31.2 Å². The third-order valence-electron chi connectivity index (χ3n) is 4.57. The zero-order valence-electron chi connectivity index (χ0n) is 14.7. The second-order valence-corrected chi connectivity index (χ2v) is 6.30. The molecule has 0 saturated carbocycles. The number of hydrogen-bond donors (Lipinski definition) is 0. The Bertz CT molecular complexity index is 889. The SMILES string of the molecule is C=CC(=O)N1CCN(C(=O)c2ccc(=O)n(-c3ccccc3)c2)[C@@H](C)C1. The summed E-state index contributed by atoms with van der Waals surface area (Å²) in [5, 5.41) is 0. The van der Waals surface area contributed by atoms with Crippen molar-refractivity contribution in [3.05, 3.63) is 77.2 Å². The third kappa shape index (κ3) is 3.44. The van der Waals surface area contributed by atoms with E-state index in [9.17, 15) is 14.4 Å². The summed E-state index contributed by atoms with van der Waals surface area (Å²) < 4.78 is 1.47. The number of nitrogens with zero attached hydrogens (tertiary/aromatic N) is 3. The molecule has 26 heavy (non-hydrogen) atoms. The van der Waals surface area contributed by atoms with Crippen molar-refractivity contribution in [2.75, 3.05) is 19.6 Å². The Morgan fingerprint density at radius 2 is 1.85 bits per heavy atom. The molecule has 0 aliphatic carbocycles. The fourth-order valence-electron chi connectivity index (χ4n) is 3.16. The minimum Gasteiger partial charge on any atom is -0.335 e. The second kappa shape index (κ2) is 7.39. The van der Waals surface area contributed by atoms with Gasteiger partial charge in [0.2, 0.25) is 5.91 Å². The van der Waals surface area contributed by atoms with Gasteiger partial charge in [-0.2, -0.15) is 0 Å². The minimum atomic E-state index is -0.192. The van der Waals surface area contributed by atoms with Crippen LogP contribution in [0.1, 0.15) is 17.3 Å². The summed E-state index contributed by atoms with van der Waals surface area (Å²) in [6, 6.07) is 12.0. The molecule has 1 fully saturated rings. The van der Waals surface area contributed by atoms with Crippen molar-refractivity contribution in [3.8, 4) is 5.69 Å². The van der Waals surface area contributed by atoms with Crippen LogP contribution in [0.2, 0.25) is 0 Å². The largest absolute Gasteiger partial charge is 0.335 e. The maximum atomic E-state index is 12.9. The molecule has 0 N–H and O–H groups in total. The van der Waals surface area contributed by atoms with Crippen molar-refractivity contribution >= 4 is 11.8 Å². The van der Waals surface area contributed by atoms with Gasteiger partial charge in [-0.25, -0.2) is 0 Å². The molecule has 134 valence electrons. The molecule has 2 aromatic rings. The molecule has 2 heterocycles. The topological polar surface area (TPSA) is 62.6 Å². The van der Waals surface area contributed by atoms with Gasteiger partial charge in [0.1, 0.15) is 0 Å². The number of pyridine rings is 1. The van der Waals surface area contributed by atoms with Gasteiger partial charge in [-0.3, -0.25) is 19.0 Å². The first-order valence-corrected chi connectivity index (χ1v) is 8.51. The van der Waals surface area contributed by atoms with E-state index < -0.39 is 0 Å². The van der Waals surface area contributed by atoms with Gasteiger partial charge >= 0.3 is 0 Å². The first kappa shape index (κ1) is 17.7. The summed E-state index contributed by atoms with van der Waals surface area (Å²) >= 11 is 0. The first-order valence-electron chi connectivity index (χ1n) is 8.51. The molecule has 1 aromatic heterocycles. The average molecular weight is 351 g/mol. The molecule has 1 aromatic carbocycles. The number of benzene rings is 1. The Labute approximate surface area is 152 Å². The maximum absolute atomic E-state index is 12.9. The molecular formula is C20H21N3O3. The molecule has 6 heteroatoms. The lowest BCUT2D eigenvalue weighted by atomic mass is 10.1. The van der Waals surface area contributed by atoms with E-state index in [1.54, 1.807) is 22.1 Å². The van der Waals surface area contributed by atoms with Gasteiger partial charge in [0.25, 0.3) is 11.5 Å². The lowest BCUT2D eigenvalue weighted by Gasteiger charge is -2.39. The van der Waals surface area contributed by atoms with E-state index in [-0.39, 0.29) is 23.4 Å². The van der Waals surface area contributed by atoms with Crippen molar-refractivity contribution < 1.29 is 9.59 Å². The third-order valence-corrected chi connectivity index (χ3v) is 4.57. The average Bonchev–Trinajstić information content (AvgIpc) is 2.67. The van der Waals surface area contributed by atoms with Crippen LogP contribution in [0.4, 0.5) is 0 Å². The van der Waals surface area contributed by atoms with Gasteiger partial charge < -0.3 is 9.80 Å². The Balaban J connectivity index is 1.84. The van der Waals surface area contributed by atoms with Gasteiger partial charge in [-0.1, -0.05) is 24.8 Å². The molecule has 0 spiro atoms. The molecule has 6 nitrogen and oxygen atoms in total. The minimum absolute atomic E-state index is 0.114. The van der Waals surface area contributed by atoms with Crippen molar-refractivity contribution in [2.45, 2.75) is 13.0 Å². The highest BCUT2D eigenvalue weighted by molar-refractivity contribution is 5.94. The van der Waals surface area contributed by atoms with Crippen LogP contribution >= 0.6 is 0 Å². The molecular weight excluding hydrogens is 330 g/mol. The number of hydrogen-bond acceptors (Lipinski definition) is 3. The summed E-state index contributed by atoms with van der Waals surface area (Å²) in [6.07, 6.45) is 2.87. The predicted octanol–water partition coefficient (Wildman–Crippen LogP) is 1.70. The van der Waals surface area contributed by atoms with E-state index in [2.05, 4.69) is 6.58 Å². The number of amides is 2. The molecule has 1 saturated heterocycles. The van der Waals surface area contributed by atoms with Crippen molar-refractivity contribution in [3.63, 3.8) is 0 Å². The van der Waals surface area contributed by atoms with Crippen molar-refractivity contribution in [1.82, 2.24) is 14.4 Å². The van der Waals surface area contributed by atoms with Crippen LogP contribution in [0.5, 0.6) is 0 Å². The zero-order valence-corrected chi connectivity index (χ0v) is 14.7. The monoisotopic (exact) mass is 351 g/mol. The Morgan fingerprint density at radius 1 is 1.12 bits per heavy atom. The van der Waals surface area contributed by atoms with Gasteiger partial charge in [0, 0.05) is 43.6 Å². The van der Waals surface area contributed by atoms with Crippen LogP contribution in [-0.4, -0.2) is 51.9 Å². The molecule has 0 radical (unpaired) electrons. The zero-order chi connectivity index (χ0) is 18.7. The van der Waals surface area contributed by atoms with Crippen LogP contribution in [-0.2, 0) is 4.79 Å². The van der Waals surface area contributed by atoms with Crippen LogP contribution in [0.15, 0.2) is 66.1 Å². The second-order valence-electron chi connectivity index (χ2n) is 6.30. The van der Waals surface area contributed by atoms with Crippen LogP contribution in [0, 0.1) is 0 Å². The first-order chi connectivity index (χ1) is 12.5. The predicted molar refractivity (Wildman–Crippen MR) is 99.3 cm³/mol. The number of rotatable bonds is 3. The van der Waals surface area contributed by atoms with Crippen LogP contribution in [0.25, 0.3) is 5.69 Å². The standard InChI is InChI=1S/C20H21N3O3/c1-3-18(24)21-11-12-22(15(2)13-21)20(26)16-9-10-19(25)23(14-16)17-7-5-4-6-8-17/h3-10,14-15H,1,11-13H2,2H3/t15-/m0/s1. The molecule has 1 atom stereocenters. The Morgan fingerprint density at radius 3 is 2.50 bits per heavy atom. The smallest absolute Gasteiger partial charge is 0.255 e. The molecule has 0 bridgehead atoms. The summed E-state index contributed by atoms with van der Waals surface area (Å²) in [4.78, 5) is 40.3. The fourth-order valence-corrected chi connectivity index (χ4v) is 3.16. The Hall–Kier alpha value is -3.15. The molecule has 2 amide bonds. The number of carbonyl (C=O) groups excluding carboxylic acids is 2. The van der Waals surface area contributed by atoms with Crippen LogP contribution in [0.3, 0.4) is 0 Å². The van der Waals surface area contributed by atoms with Gasteiger partial charge in [0.05, 0.1) is 5.56 Å². The highest BCUT2D eigenvalue weighted by Gasteiger charge is 2.29. The van der Waals surface area contributed by atoms with E-state index in [1.807, 2.05) is 37.3 Å². The lowest BCUT2D eigenvalue weighted by Crippen LogP contribution is -2.55. The quantitative estimate of drug-likeness (QED) is 0.791. The maximum Gasteiger partial charge on any atom is 0.255 e. The van der Waals surface area contributed by atoms with Gasteiger partial charge in [0.15, 0.2) is 0 Å². The summed E-state index contributed by atoms with van der Waals surface area (Å²) in [5.74, 6) is -0.269. The van der Waals surface area contributed by atoms with Crippen molar-refractivity contribution in [1.29, 1.82) is 0 Å². The lowest BCUT2D eigenvalue weighted by molar-refractivity contribution is -0.128. The van der Waals surface area contributed by atoms with E-state index in [4.69, 9.17) is 0 Å². The van der Waals surface area contributed by atoms with E-state index in [1.165, 1.54) is 16.7 Å². The number of piperazine rings is 1. The molecule has 1 aliphatic heterocycles. The fraction of sp³-hybridized carbons (Fsp3) is 0.250. The summed E-state index contributed by atoms with van der Waals surface area (Å²) in [5.41, 5.74) is 0.965. The number of para-hydroxylation sites is 1. The molecule has 0 unspecified atom stereocenters. The number of aromatic nitrogens is 1. The highest BCUT2D eigenvalue weighted by Crippen LogP contribution is 2.15.